The Bertz CT molecular complexity index is 587. The Labute approximate surface area is 162 Å². The summed E-state index contributed by atoms with van der Waals surface area (Å²) < 4.78 is 0. The second kappa shape index (κ2) is 10.5. The number of aliphatic carboxylic acids is 2. The number of piperidine rings is 1. The number of hydrogen-bond donors (Lipinski definition) is 2. The number of aryl methyl sites for hydroxylation is 1. The highest BCUT2D eigenvalue weighted by atomic mass is 16.4. The van der Waals surface area contributed by atoms with Gasteiger partial charge in [-0.25, -0.2) is 0 Å². The molecule has 0 radical (unpaired) electrons. The normalized spacial score (nSPS) is 16.9. The lowest BCUT2D eigenvalue weighted by Gasteiger charge is -2.36. The van der Waals surface area contributed by atoms with Gasteiger partial charge in [-0.05, 0) is 36.8 Å². The molecule has 2 rings (SSSR count). The molecule has 1 aromatic carbocycles. The van der Waals surface area contributed by atoms with E-state index in [9.17, 15) is 19.8 Å². The van der Waals surface area contributed by atoms with Crippen LogP contribution in [0.5, 0.6) is 0 Å². The number of carboxylic acid groups (broad SMARTS) is 2. The molecule has 0 bridgehead atoms. The third-order valence-electron chi connectivity index (χ3n) is 5.78. The number of nitrogens with zero attached hydrogens (tertiary/aromatic N) is 1. The molecule has 0 aromatic heterocycles. The lowest BCUT2D eigenvalue weighted by molar-refractivity contribution is -0.168. The van der Waals surface area contributed by atoms with Crippen LogP contribution in [0.25, 0.3) is 0 Å². The van der Waals surface area contributed by atoms with Gasteiger partial charge in [0.25, 0.3) is 0 Å². The molecule has 0 saturated carbocycles. The fourth-order valence-electron chi connectivity index (χ4n) is 3.79. The van der Waals surface area contributed by atoms with Crippen LogP contribution in [0, 0.1) is 5.41 Å². The van der Waals surface area contributed by atoms with Crippen LogP contribution >= 0.6 is 0 Å². The molecule has 5 nitrogen and oxygen atoms in total. The van der Waals surface area contributed by atoms with Gasteiger partial charge >= 0.3 is 11.9 Å². The molecule has 1 aliphatic rings. The summed E-state index contributed by atoms with van der Waals surface area (Å²) in [4.78, 5) is 24.9. The largest absolute Gasteiger partial charge is 0.480 e. The predicted molar refractivity (Wildman–Crippen MR) is 106 cm³/mol. The summed E-state index contributed by atoms with van der Waals surface area (Å²) in [6.07, 6.45) is 9.27. The van der Waals surface area contributed by atoms with Gasteiger partial charge in [-0.15, -0.1) is 0 Å². The van der Waals surface area contributed by atoms with Crippen molar-refractivity contribution in [3.05, 3.63) is 35.4 Å². The van der Waals surface area contributed by atoms with Gasteiger partial charge in [-0.2, -0.15) is 0 Å². The predicted octanol–water partition coefficient (Wildman–Crippen LogP) is 4.34. The Morgan fingerprint density at radius 3 is 1.96 bits per heavy atom. The average molecular weight is 376 g/mol. The standard InChI is InChI=1S/C22H33NO4/c1-2-3-4-5-6-7-8-18-9-11-19(12-10-18)17-23-15-13-22(14-16-23,20(24)25)21(26)27/h9-12H,2-8,13-17H2,1H3,(H,24,25)(H,26,27). The van der Waals surface area contributed by atoms with Gasteiger partial charge in [0.1, 0.15) is 0 Å². The maximum atomic E-state index is 11.4. The van der Waals surface area contributed by atoms with E-state index in [4.69, 9.17) is 0 Å². The van der Waals surface area contributed by atoms with Crippen molar-refractivity contribution in [3.8, 4) is 0 Å². The number of benzene rings is 1. The van der Waals surface area contributed by atoms with Gasteiger partial charge in [-0.3, -0.25) is 14.5 Å². The topological polar surface area (TPSA) is 77.8 Å². The van der Waals surface area contributed by atoms with E-state index < -0.39 is 17.4 Å². The monoisotopic (exact) mass is 375 g/mol. The highest BCUT2D eigenvalue weighted by Gasteiger charge is 2.48. The number of likely N-dealkylation sites (tertiary alicyclic amines) is 1. The van der Waals surface area contributed by atoms with Crippen LogP contribution in [-0.4, -0.2) is 40.1 Å². The molecule has 150 valence electrons. The SMILES string of the molecule is CCCCCCCCc1ccc(CN2CCC(C(=O)O)(C(=O)O)CC2)cc1. The van der Waals surface area contributed by atoms with E-state index in [-0.39, 0.29) is 12.8 Å². The summed E-state index contributed by atoms with van der Waals surface area (Å²) in [5, 5.41) is 18.6. The first kappa shape index (κ1) is 21.4. The molecule has 1 aromatic rings. The number of hydrogen-bond acceptors (Lipinski definition) is 3. The van der Waals surface area contributed by atoms with Crippen molar-refractivity contribution in [1.82, 2.24) is 4.90 Å². The summed E-state index contributed by atoms with van der Waals surface area (Å²) in [7, 11) is 0. The van der Waals surface area contributed by atoms with Crippen molar-refractivity contribution in [2.75, 3.05) is 13.1 Å². The minimum Gasteiger partial charge on any atom is -0.480 e. The second-order valence-corrected chi connectivity index (χ2v) is 7.80. The Morgan fingerprint density at radius 1 is 0.889 bits per heavy atom. The van der Waals surface area contributed by atoms with E-state index >= 15 is 0 Å². The first-order valence-corrected chi connectivity index (χ1v) is 10.2. The van der Waals surface area contributed by atoms with E-state index in [2.05, 4.69) is 36.1 Å². The van der Waals surface area contributed by atoms with Crippen LogP contribution in [0.15, 0.2) is 24.3 Å². The van der Waals surface area contributed by atoms with E-state index in [1.54, 1.807) is 0 Å². The third kappa shape index (κ3) is 6.06. The minimum absolute atomic E-state index is 0.160. The van der Waals surface area contributed by atoms with Crippen molar-refractivity contribution in [1.29, 1.82) is 0 Å². The molecule has 0 aliphatic carbocycles. The second-order valence-electron chi connectivity index (χ2n) is 7.80. The lowest BCUT2D eigenvalue weighted by Crippen LogP contribution is -2.48. The van der Waals surface area contributed by atoms with E-state index in [0.717, 1.165) is 13.0 Å². The minimum atomic E-state index is -1.61. The smallest absolute Gasteiger partial charge is 0.321 e. The van der Waals surface area contributed by atoms with Crippen LogP contribution < -0.4 is 0 Å². The van der Waals surface area contributed by atoms with Gasteiger partial charge in [0.15, 0.2) is 5.41 Å². The molecule has 0 amide bonds. The molecule has 1 aliphatic heterocycles. The molecule has 0 spiro atoms. The fourth-order valence-corrected chi connectivity index (χ4v) is 3.79. The van der Waals surface area contributed by atoms with Crippen molar-refractivity contribution >= 4 is 11.9 Å². The Morgan fingerprint density at radius 2 is 1.41 bits per heavy atom. The van der Waals surface area contributed by atoms with Crippen LogP contribution in [-0.2, 0) is 22.6 Å². The number of carbonyl (C=O) groups is 2. The number of carboxylic acids is 2. The molecule has 2 N–H and O–H groups in total. The fraction of sp³-hybridized carbons (Fsp3) is 0.636. The first-order valence-electron chi connectivity index (χ1n) is 10.2. The molecular weight excluding hydrogens is 342 g/mol. The third-order valence-corrected chi connectivity index (χ3v) is 5.78. The van der Waals surface area contributed by atoms with Gasteiger partial charge in [0.2, 0.25) is 0 Å². The highest BCUT2D eigenvalue weighted by Crippen LogP contribution is 2.32. The van der Waals surface area contributed by atoms with Gasteiger partial charge in [0, 0.05) is 19.6 Å². The molecule has 27 heavy (non-hydrogen) atoms. The molecule has 0 unspecified atom stereocenters. The maximum absolute atomic E-state index is 11.4. The summed E-state index contributed by atoms with van der Waals surface area (Å²) in [5.74, 6) is -2.43. The Balaban J connectivity index is 1.75. The van der Waals surface area contributed by atoms with Crippen molar-refractivity contribution < 1.29 is 19.8 Å². The van der Waals surface area contributed by atoms with Crippen molar-refractivity contribution in [2.45, 2.75) is 71.3 Å². The summed E-state index contributed by atoms with van der Waals surface area (Å²) in [6, 6.07) is 8.65. The van der Waals surface area contributed by atoms with Crippen LogP contribution in [0.1, 0.15) is 69.4 Å². The lowest BCUT2D eigenvalue weighted by atomic mass is 9.78. The van der Waals surface area contributed by atoms with Crippen LogP contribution in [0.4, 0.5) is 0 Å². The summed E-state index contributed by atoms with van der Waals surface area (Å²) in [5.41, 5.74) is 0.945. The molecule has 1 saturated heterocycles. The molecular formula is C22H33NO4. The average Bonchev–Trinajstić information content (AvgIpc) is 2.66. The first-order chi connectivity index (χ1) is 13.0. The zero-order valence-corrected chi connectivity index (χ0v) is 16.5. The summed E-state index contributed by atoms with van der Waals surface area (Å²) in [6.45, 7) is 3.98. The highest BCUT2D eigenvalue weighted by molar-refractivity contribution is 5.98. The van der Waals surface area contributed by atoms with Crippen molar-refractivity contribution in [2.24, 2.45) is 5.41 Å². The zero-order valence-electron chi connectivity index (χ0n) is 16.5. The van der Waals surface area contributed by atoms with Crippen LogP contribution in [0.3, 0.4) is 0 Å². The van der Waals surface area contributed by atoms with Crippen LogP contribution in [0.2, 0.25) is 0 Å². The Hall–Kier alpha value is -1.88. The van der Waals surface area contributed by atoms with Gasteiger partial charge < -0.3 is 10.2 Å². The Kier molecular flexibility index (Phi) is 8.29. The van der Waals surface area contributed by atoms with E-state index in [1.165, 1.54) is 49.7 Å². The van der Waals surface area contributed by atoms with E-state index in [1.807, 2.05) is 0 Å². The number of rotatable bonds is 11. The summed E-state index contributed by atoms with van der Waals surface area (Å²) >= 11 is 0. The van der Waals surface area contributed by atoms with Crippen molar-refractivity contribution in [3.63, 3.8) is 0 Å². The molecule has 5 heteroatoms. The van der Waals surface area contributed by atoms with E-state index in [0.29, 0.717) is 13.1 Å². The molecule has 1 fully saturated rings. The zero-order chi connectivity index (χ0) is 19.7. The maximum Gasteiger partial charge on any atom is 0.321 e. The van der Waals surface area contributed by atoms with Gasteiger partial charge in [0.05, 0.1) is 0 Å². The molecule has 0 atom stereocenters. The quantitative estimate of drug-likeness (QED) is 0.444. The number of unbranched alkanes of at least 4 members (excludes halogenated alkanes) is 5. The molecule has 1 heterocycles. The van der Waals surface area contributed by atoms with Gasteiger partial charge in [-0.1, -0.05) is 63.3 Å².